The van der Waals surface area contributed by atoms with Gasteiger partial charge in [0.2, 0.25) is 0 Å². The molecule has 2 rings (SSSR count). The number of carbonyl (C=O) groups is 1. The number of hydrogen-bond acceptors (Lipinski definition) is 3. The lowest BCUT2D eigenvalue weighted by Gasteiger charge is -2.34. The van der Waals surface area contributed by atoms with E-state index < -0.39 is 6.10 Å². The first-order valence-corrected chi connectivity index (χ1v) is 6.26. The largest absolute Gasteiger partial charge is 0.507 e. The molecule has 1 fully saturated rings. The van der Waals surface area contributed by atoms with Crippen molar-refractivity contribution < 1.29 is 15.0 Å². The van der Waals surface area contributed by atoms with Crippen LogP contribution in [0.4, 0.5) is 0 Å². The van der Waals surface area contributed by atoms with Gasteiger partial charge in [0.1, 0.15) is 5.75 Å². The molecule has 2 atom stereocenters. The monoisotopic (exact) mass is 249 g/mol. The molecular weight excluding hydrogens is 230 g/mol. The Morgan fingerprint density at radius 3 is 2.83 bits per heavy atom. The van der Waals surface area contributed by atoms with Crippen LogP contribution in [0.2, 0.25) is 0 Å². The SMILES string of the molecule is Cc1ccc(O)c(C(=O)N2CCC(C)C(O)C2)c1. The van der Waals surface area contributed by atoms with Crippen LogP contribution in [0.3, 0.4) is 0 Å². The number of nitrogens with zero attached hydrogens (tertiary/aromatic N) is 1. The summed E-state index contributed by atoms with van der Waals surface area (Å²) in [4.78, 5) is 13.9. The van der Waals surface area contributed by atoms with Crippen molar-refractivity contribution in [2.24, 2.45) is 5.92 Å². The van der Waals surface area contributed by atoms with Crippen LogP contribution in [-0.4, -0.2) is 40.2 Å². The van der Waals surface area contributed by atoms with Gasteiger partial charge < -0.3 is 15.1 Å². The third-order valence-corrected chi connectivity index (χ3v) is 3.59. The van der Waals surface area contributed by atoms with Crippen molar-refractivity contribution in [3.05, 3.63) is 29.3 Å². The predicted molar refractivity (Wildman–Crippen MR) is 68.5 cm³/mol. The number of piperidine rings is 1. The fraction of sp³-hybridized carbons (Fsp3) is 0.500. The van der Waals surface area contributed by atoms with E-state index in [1.54, 1.807) is 17.0 Å². The summed E-state index contributed by atoms with van der Waals surface area (Å²) in [5.74, 6) is 0.0148. The van der Waals surface area contributed by atoms with Gasteiger partial charge >= 0.3 is 0 Å². The van der Waals surface area contributed by atoms with Crippen LogP contribution in [0, 0.1) is 12.8 Å². The maximum absolute atomic E-state index is 12.3. The third kappa shape index (κ3) is 2.48. The Hall–Kier alpha value is -1.55. The van der Waals surface area contributed by atoms with Crippen LogP contribution in [0.15, 0.2) is 18.2 Å². The first kappa shape index (κ1) is 12.9. The predicted octanol–water partition coefficient (Wildman–Crippen LogP) is 1.54. The molecule has 0 saturated carbocycles. The highest BCUT2D eigenvalue weighted by Gasteiger charge is 2.28. The minimum absolute atomic E-state index is 0.00119. The van der Waals surface area contributed by atoms with E-state index in [2.05, 4.69) is 0 Å². The number of benzene rings is 1. The number of likely N-dealkylation sites (tertiary alicyclic amines) is 1. The second-order valence-corrected chi connectivity index (χ2v) is 5.11. The summed E-state index contributed by atoms with van der Waals surface area (Å²) in [6.45, 7) is 4.83. The Bertz CT molecular complexity index is 458. The first-order valence-electron chi connectivity index (χ1n) is 6.26. The summed E-state index contributed by atoms with van der Waals surface area (Å²) < 4.78 is 0. The zero-order chi connectivity index (χ0) is 13.3. The Balaban J connectivity index is 2.19. The summed E-state index contributed by atoms with van der Waals surface area (Å²) in [6, 6.07) is 4.98. The summed E-state index contributed by atoms with van der Waals surface area (Å²) >= 11 is 0. The number of phenols is 1. The molecule has 18 heavy (non-hydrogen) atoms. The highest BCUT2D eigenvalue weighted by molar-refractivity contribution is 5.97. The number of β-amino-alcohol motifs (C(OH)–C–C–N with tert-alkyl or cyclic N) is 1. The van der Waals surface area contributed by atoms with Crippen LogP contribution in [0.25, 0.3) is 0 Å². The molecule has 1 aromatic rings. The van der Waals surface area contributed by atoms with Gasteiger partial charge in [-0.15, -0.1) is 0 Å². The van der Waals surface area contributed by atoms with Crippen LogP contribution in [0.5, 0.6) is 5.75 Å². The fourth-order valence-electron chi connectivity index (χ4n) is 2.22. The van der Waals surface area contributed by atoms with E-state index >= 15 is 0 Å². The van der Waals surface area contributed by atoms with E-state index in [9.17, 15) is 15.0 Å². The van der Waals surface area contributed by atoms with E-state index in [-0.39, 0.29) is 17.6 Å². The van der Waals surface area contributed by atoms with E-state index in [4.69, 9.17) is 0 Å². The number of phenolic OH excluding ortho intramolecular Hbond substituents is 1. The average molecular weight is 249 g/mol. The molecule has 0 radical (unpaired) electrons. The molecule has 1 saturated heterocycles. The van der Waals surface area contributed by atoms with E-state index in [0.29, 0.717) is 18.7 Å². The van der Waals surface area contributed by atoms with Gasteiger partial charge in [-0.3, -0.25) is 4.79 Å². The van der Waals surface area contributed by atoms with Crippen LogP contribution >= 0.6 is 0 Å². The average Bonchev–Trinajstić information content (AvgIpc) is 2.35. The Morgan fingerprint density at radius 2 is 2.17 bits per heavy atom. The number of aliphatic hydroxyl groups excluding tert-OH is 1. The second-order valence-electron chi connectivity index (χ2n) is 5.11. The molecule has 1 aliphatic rings. The summed E-state index contributed by atoms with van der Waals surface area (Å²) in [5, 5.41) is 19.6. The smallest absolute Gasteiger partial charge is 0.257 e. The van der Waals surface area contributed by atoms with Gasteiger partial charge in [-0.1, -0.05) is 18.6 Å². The van der Waals surface area contributed by atoms with Gasteiger partial charge in [-0.2, -0.15) is 0 Å². The van der Waals surface area contributed by atoms with Crippen molar-refractivity contribution in [2.75, 3.05) is 13.1 Å². The van der Waals surface area contributed by atoms with Gasteiger partial charge in [-0.25, -0.2) is 0 Å². The van der Waals surface area contributed by atoms with Gasteiger partial charge in [0.25, 0.3) is 5.91 Å². The topological polar surface area (TPSA) is 60.8 Å². The van der Waals surface area contributed by atoms with E-state index in [1.165, 1.54) is 6.07 Å². The number of aryl methyl sites for hydroxylation is 1. The van der Waals surface area contributed by atoms with Gasteiger partial charge in [-0.05, 0) is 31.4 Å². The van der Waals surface area contributed by atoms with Crippen molar-refractivity contribution in [2.45, 2.75) is 26.4 Å². The standard InChI is InChI=1S/C14H19NO3/c1-9-3-4-12(16)11(7-9)14(18)15-6-5-10(2)13(17)8-15/h3-4,7,10,13,16-17H,5-6,8H2,1-2H3. The number of amides is 1. The lowest BCUT2D eigenvalue weighted by Crippen LogP contribution is -2.45. The molecule has 0 bridgehead atoms. The Morgan fingerprint density at radius 1 is 1.44 bits per heavy atom. The molecule has 2 N–H and O–H groups in total. The molecule has 4 heteroatoms. The van der Waals surface area contributed by atoms with Crippen molar-refractivity contribution in [3.63, 3.8) is 0 Å². The molecule has 1 aromatic carbocycles. The molecule has 1 amide bonds. The van der Waals surface area contributed by atoms with Crippen molar-refractivity contribution in [1.29, 1.82) is 0 Å². The zero-order valence-corrected chi connectivity index (χ0v) is 10.8. The molecule has 1 heterocycles. The molecule has 0 aliphatic carbocycles. The van der Waals surface area contributed by atoms with Crippen molar-refractivity contribution in [1.82, 2.24) is 4.90 Å². The van der Waals surface area contributed by atoms with E-state index in [0.717, 1.165) is 12.0 Å². The first-order chi connectivity index (χ1) is 8.49. The molecule has 98 valence electrons. The van der Waals surface area contributed by atoms with Gasteiger partial charge in [0.15, 0.2) is 0 Å². The van der Waals surface area contributed by atoms with Crippen LogP contribution in [0.1, 0.15) is 29.3 Å². The highest BCUT2D eigenvalue weighted by atomic mass is 16.3. The fourth-order valence-corrected chi connectivity index (χ4v) is 2.22. The van der Waals surface area contributed by atoms with Crippen molar-refractivity contribution >= 4 is 5.91 Å². The minimum atomic E-state index is -0.477. The summed E-state index contributed by atoms with van der Waals surface area (Å²) in [7, 11) is 0. The lowest BCUT2D eigenvalue weighted by atomic mass is 9.95. The maximum atomic E-state index is 12.3. The molecule has 1 aliphatic heterocycles. The number of aliphatic hydroxyl groups is 1. The van der Waals surface area contributed by atoms with Crippen LogP contribution in [-0.2, 0) is 0 Å². The molecular formula is C14H19NO3. The number of rotatable bonds is 1. The lowest BCUT2D eigenvalue weighted by molar-refractivity contribution is 0.0247. The number of aromatic hydroxyl groups is 1. The minimum Gasteiger partial charge on any atom is -0.507 e. The summed E-state index contributed by atoms with van der Waals surface area (Å²) in [6.07, 6.45) is 0.314. The summed E-state index contributed by atoms with van der Waals surface area (Å²) in [5.41, 5.74) is 1.25. The Kier molecular flexibility index (Phi) is 3.57. The van der Waals surface area contributed by atoms with Crippen LogP contribution < -0.4 is 0 Å². The molecule has 0 spiro atoms. The molecule has 0 aromatic heterocycles. The second kappa shape index (κ2) is 4.98. The Labute approximate surface area is 107 Å². The number of carbonyl (C=O) groups excluding carboxylic acids is 1. The maximum Gasteiger partial charge on any atom is 0.257 e. The zero-order valence-electron chi connectivity index (χ0n) is 10.8. The van der Waals surface area contributed by atoms with Gasteiger partial charge in [0, 0.05) is 13.1 Å². The molecule has 2 unspecified atom stereocenters. The van der Waals surface area contributed by atoms with Gasteiger partial charge in [0.05, 0.1) is 11.7 Å². The quantitative estimate of drug-likeness (QED) is 0.793. The van der Waals surface area contributed by atoms with E-state index in [1.807, 2.05) is 13.8 Å². The van der Waals surface area contributed by atoms with Crippen molar-refractivity contribution in [3.8, 4) is 5.75 Å². The third-order valence-electron chi connectivity index (χ3n) is 3.59. The number of hydrogen-bond donors (Lipinski definition) is 2. The highest BCUT2D eigenvalue weighted by Crippen LogP contribution is 2.23. The normalized spacial score (nSPS) is 24.1. The molecule has 4 nitrogen and oxygen atoms in total.